The molecule has 3 nitrogen and oxygen atoms in total. The number of aromatic carboxylic acids is 1. The largest absolute Gasteiger partial charge is 1.00 e. The maximum atomic E-state index is 10.3. The van der Waals surface area contributed by atoms with Gasteiger partial charge in [-0.25, -0.2) is 0 Å². The molecule has 52 valence electrons. The normalized spacial score (nSPS) is 8.45. The van der Waals surface area contributed by atoms with Gasteiger partial charge in [0.15, 0.2) is 0 Å². The zero-order valence-corrected chi connectivity index (χ0v) is 8.03. The maximum absolute atomic E-state index is 10.3. The van der Waals surface area contributed by atoms with Crippen LogP contribution in [0.2, 0.25) is 0 Å². The average molecular weight is 255 g/mol. The minimum absolute atomic E-state index is 0. The van der Waals surface area contributed by atoms with Gasteiger partial charge in [-0.1, -0.05) is 0 Å². The number of hydrogen-bond acceptors (Lipinski definition) is 3. The van der Waals surface area contributed by atoms with E-state index >= 15 is 0 Å². The molecule has 0 aliphatic carbocycles. The van der Waals surface area contributed by atoms with Crippen LogP contribution in [0.15, 0.2) is 18.5 Å². The number of hydrogen-bond donors (Lipinski definition) is 0. The molecule has 11 heavy (non-hydrogen) atoms. The van der Waals surface area contributed by atoms with Crippen molar-refractivity contribution in [3.8, 4) is 0 Å². The van der Waals surface area contributed by atoms with Gasteiger partial charge < -0.3 is 9.90 Å². The monoisotopic (exact) mass is 255 g/mol. The first-order valence-electron chi connectivity index (χ1n) is 2.52. The van der Waals surface area contributed by atoms with Gasteiger partial charge in [-0.3, -0.25) is 4.98 Å². The summed E-state index contributed by atoms with van der Waals surface area (Å²) in [5.41, 5.74) is 0.190. The number of carboxylic acids is 1. The number of halogens is 1. The van der Waals surface area contributed by atoms with Gasteiger partial charge in [-0.05, 0) is 28.7 Å². The van der Waals surface area contributed by atoms with E-state index in [0.717, 1.165) is 0 Å². The van der Waals surface area contributed by atoms with Crippen LogP contribution in [-0.4, -0.2) is 11.0 Å². The molecule has 0 amide bonds. The van der Waals surface area contributed by atoms with E-state index in [1.165, 1.54) is 18.5 Å². The summed E-state index contributed by atoms with van der Waals surface area (Å²) in [5.74, 6) is -1.16. The number of aromatic nitrogens is 1. The Labute approximate surface area is 89.5 Å². The topological polar surface area (TPSA) is 53.0 Å². The Balaban J connectivity index is 0.000001000. The van der Waals surface area contributed by atoms with Crippen LogP contribution in [0, 0.1) is 3.57 Å². The Morgan fingerprint density at radius 2 is 2.27 bits per heavy atom. The second-order valence-electron chi connectivity index (χ2n) is 1.64. The zero-order valence-electron chi connectivity index (χ0n) is 5.87. The van der Waals surface area contributed by atoms with Crippen LogP contribution < -0.4 is 24.0 Å². The Morgan fingerprint density at radius 3 is 2.64 bits per heavy atom. The fourth-order valence-electron chi connectivity index (χ4n) is 0.541. The van der Waals surface area contributed by atoms with E-state index in [1.807, 2.05) is 22.6 Å². The molecule has 0 aliphatic rings. The molecule has 0 spiro atoms. The summed E-state index contributed by atoms with van der Waals surface area (Å²) >= 11 is 1.89. The maximum Gasteiger partial charge on any atom is 1.00 e. The first kappa shape index (κ1) is 10.9. The van der Waals surface area contributed by atoms with Crippen LogP contribution in [0.25, 0.3) is 0 Å². The fourth-order valence-corrected chi connectivity index (χ4v) is 1.10. The Bertz CT molecular complexity index is 267. The predicted molar refractivity (Wildman–Crippen MR) is 41.3 cm³/mol. The molecule has 0 atom stereocenters. The molecule has 1 aromatic rings. The molecular formula is C6H3ILiNO2. The standard InChI is InChI=1S/C6H4INO2.Li/c7-5-3-8-2-1-4(5)6(9)10;/h1-3H,(H,9,10);/q;+1/p-1. The molecule has 5 heteroatoms. The summed E-state index contributed by atoms with van der Waals surface area (Å²) in [6, 6.07) is 1.41. The number of rotatable bonds is 1. The van der Waals surface area contributed by atoms with E-state index in [1.54, 1.807) is 0 Å². The number of pyridine rings is 1. The molecule has 0 unspecified atom stereocenters. The molecule has 0 radical (unpaired) electrons. The summed E-state index contributed by atoms with van der Waals surface area (Å²) in [7, 11) is 0. The molecule has 1 aromatic heterocycles. The molecule has 0 aromatic carbocycles. The van der Waals surface area contributed by atoms with Gasteiger partial charge in [0.2, 0.25) is 0 Å². The van der Waals surface area contributed by atoms with Gasteiger partial charge in [-0.2, -0.15) is 0 Å². The molecule has 1 heterocycles. The Morgan fingerprint density at radius 1 is 1.64 bits per heavy atom. The van der Waals surface area contributed by atoms with E-state index in [0.29, 0.717) is 3.57 Å². The van der Waals surface area contributed by atoms with Crippen molar-refractivity contribution in [3.05, 3.63) is 27.6 Å². The molecule has 0 N–H and O–H groups in total. The van der Waals surface area contributed by atoms with Crippen molar-refractivity contribution in [1.82, 2.24) is 4.98 Å². The smallest absolute Gasteiger partial charge is 0.545 e. The van der Waals surface area contributed by atoms with Crippen LogP contribution in [0.4, 0.5) is 0 Å². The molecule has 0 aliphatic heterocycles. The Kier molecular flexibility index (Phi) is 4.73. The van der Waals surface area contributed by atoms with Crippen molar-refractivity contribution < 1.29 is 28.8 Å². The van der Waals surface area contributed by atoms with Crippen molar-refractivity contribution in [2.24, 2.45) is 0 Å². The third-order valence-corrected chi connectivity index (χ3v) is 1.85. The van der Waals surface area contributed by atoms with Gasteiger partial charge in [0.25, 0.3) is 0 Å². The van der Waals surface area contributed by atoms with Crippen molar-refractivity contribution in [2.75, 3.05) is 0 Å². The molecule has 0 bridgehead atoms. The predicted octanol–water partition coefficient (Wildman–Crippen LogP) is -2.95. The van der Waals surface area contributed by atoms with Crippen molar-refractivity contribution in [3.63, 3.8) is 0 Å². The van der Waals surface area contributed by atoms with Crippen LogP contribution >= 0.6 is 22.6 Å². The summed E-state index contributed by atoms with van der Waals surface area (Å²) in [5, 5.41) is 10.3. The van der Waals surface area contributed by atoms with E-state index in [2.05, 4.69) is 4.98 Å². The summed E-state index contributed by atoms with van der Waals surface area (Å²) < 4.78 is 0.597. The van der Waals surface area contributed by atoms with Gasteiger partial charge in [-0.15, -0.1) is 0 Å². The van der Waals surface area contributed by atoms with Crippen LogP contribution in [0.1, 0.15) is 10.4 Å². The molecule has 0 saturated carbocycles. The van der Waals surface area contributed by atoms with Gasteiger partial charge in [0.05, 0.1) is 5.97 Å². The van der Waals surface area contributed by atoms with Crippen LogP contribution in [-0.2, 0) is 0 Å². The summed E-state index contributed by atoms with van der Waals surface area (Å²) in [4.78, 5) is 14.0. The minimum atomic E-state index is -1.16. The third-order valence-electron chi connectivity index (χ3n) is 0.992. The fraction of sp³-hybridized carbons (Fsp3) is 0. The number of carbonyl (C=O) groups is 1. The third kappa shape index (κ3) is 2.81. The van der Waals surface area contributed by atoms with E-state index in [4.69, 9.17) is 0 Å². The number of carbonyl (C=O) groups excluding carboxylic acids is 1. The van der Waals surface area contributed by atoms with Gasteiger partial charge in [0, 0.05) is 21.5 Å². The Hall–Kier alpha value is -0.0526. The summed E-state index contributed by atoms with van der Waals surface area (Å²) in [6.45, 7) is 0. The van der Waals surface area contributed by atoms with E-state index < -0.39 is 5.97 Å². The van der Waals surface area contributed by atoms with Gasteiger partial charge >= 0.3 is 18.9 Å². The van der Waals surface area contributed by atoms with E-state index in [-0.39, 0.29) is 24.4 Å². The van der Waals surface area contributed by atoms with Crippen molar-refractivity contribution >= 4 is 28.6 Å². The quantitative estimate of drug-likeness (QED) is 0.398. The van der Waals surface area contributed by atoms with Crippen molar-refractivity contribution in [1.29, 1.82) is 0 Å². The molecule has 1 rings (SSSR count). The molecule has 0 saturated heterocycles. The average Bonchev–Trinajstić information content (AvgIpc) is 1.88. The van der Waals surface area contributed by atoms with Crippen LogP contribution in [0.3, 0.4) is 0 Å². The second kappa shape index (κ2) is 4.75. The SMILES string of the molecule is O=C([O-])c1ccncc1I.[Li+]. The molecular weight excluding hydrogens is 252 g/mol. The molecule has 0 fully saturated rings. The second-order valence-corrected chi connectivity index (χ2v) is 2.81. The van der Waals surface area contributed by atoms with Crippen LogP contribution in [0.5, 0.6) is 0 Å². The first-order valence-corrected chi connectivity index (χ1v) is 3.60. The minimum Gasteiger partial charge on any atom is -0.545 e. The van der Waals surface area contributed by atoms with E-state index in [9.17, 15) is 9.90 Å². The van der Waals surface area contributed by atoms with Gasteiger partial charge in [0.1, 0.15) is 0 Å². The summed E-state index contributed by atoms with van der Waals surface area (Å²) in [6.07, 6.45) is 2.90. The first-order chi connectivity index (χ1) is 4.72. The number of nitrogens with zero attached hydrogens (tertiary/aromatic N) is 1. The van der Waals surface area contributed by atoms with Crippen molar-refractivity contribution in [2.45, 2.75) is 0 Å². The zero-order chi connectivity index (χ0) is 7.56. The number of carboxylic acid groups (broad SMARTS) is 1.